The summed E-state index contributed by atoms with van der Waals surface area (Å²) in [6, 6.07) is 16.8. The highest BCUT2D eigenvalue weighted by Gasteiger charge is 2.14. The highest BCUT2D eigenvalue weighted by atomic mass is 127. The van der Waals surface area contributed by atoms with E-state index in [0.29, 0.717) is 0 Å². The van der Waals surface area contributed by atoms with Gasteiger partial charge in [-0.1, -0.05) is 50.9 Å². The first kappa shape index (κ1) is 15.4. The summed E-state index contributed by atoms with van der Waals surface area (Å²) in [5, 5.41) is 6.88. The van der Waals surface area contributed by atoms with E-state index < -0.39 is 0 Å². The quantitative estimate of drug-likeness (QED) is 0.417. The molecule has 0 bridgehead atoms. The van der Waals surface area contributed by atoms with Gasteiger partial charge in [0.1, 0.15) is 6.20 Å². The molecule has 3 rings (SSSR count). The fourth-order valence-corrected chi connectivity index (χ4v) is 2.53. The number of benzene rings is 2. The number of hydrogen-bond acceptors (Lipinski definition) is 1. The van der Waals surface area contributed by atoms with Crippen molar-refractivity contribution in [2.45, 2.75) is 6.42 Å². The van der Waals surface area contributed by atoms with Gasteiger partial charge in [0.15, 0.2) is 7.05 Å². The topological polar surface area (TPSA) is 16.8 Å². The van der Waals surface area contributed by atoms with E-state index in [1.807, 2.05) is 24.0 Å². The summed E-state index contributed by atoms with van der Waals surface area (Å²) in [5.41, 5.74) is 2.53. The fourth-order valence-electron chi connectivity index (χ4n) is 2.27. The maximum atomic E-state index is 4.43. The van der Waals surface area contributed by atoms with Crippen LogP contribution in [0.3, 0.4) is 0 Å². The van der Waals surface area contributed by atoms with Gasteiger partial charge in [-0.2, -0.15) is 0 Å². The largest absolute Gasteiger partial charge is 1.00 e. The maximum absolute atomic E-state index is 4.43. The predicted molar refractivity (Wildman–Crippen MR) is 79.9 cm³/mol. The summed E-state index contributed by atoms with van der Waals surface area (Å²) in [6.45, 7) is 0. The van der Waals surface area contributed by atoms with Gasteiger partial charge in [-0.25, -0.2) is 0 Å². The van der Waals surface area contributed by atoms with E-state index in [1.54, 1.807) is 0 Å². The molecule has 0 atom stereocenters. The molecular weight excluding hydrogens is 427 g/mol. The third-order valence-electron chi connectivity index (χ3n) is 3.32. The smallest absolute Gasteiger partial charge is 0.220 e. The van der Waals surface area contributed by atoms with E-state index in [2.05, 4.69) is 63.5 Å². The summed E-state index contributed by atoms with van der Waals surface area (Å²) in [4.78, 5) is 0. The molecule has 0 radical (unpaired) electrons. The van der Waals surface area contributed by atoms with Gasteiger partial charge in [0.25, 0.3) is 0 Å². The van der Waals surface area contributed by atoms with Gasteiger partial charge in [-0.05, 0) is 28.9 Å². The molecule has 20 heavy (non-hydrogen) atoms. The molecule has 0 saturated carbocycles. The molecule has 4 heteroatoms. The van der Waals surface area contributed by atoms with E-state index in [0.717, 1.165) is 10.9 Å². The maximum Gasteiger partial charge on any atom is 0.220 e. The van der Waals surface area contributed by atoms with Gasteiger partial charge < -0.3 is 24.0 Å². The van der Waals surface area contributed by atoms with E-state index in [-0.39, 0.29) is 24.0 Å². The van der Waals surface area contributed by atoms with Crippen LogP contribution in [0.2, 0.25) is 0 Å². The third kappa shape index (κ3) is 3.17. The minimum atomic E-state index is 0. The second-order valence-electron chi connectivity index (χ2n) is 4.61. The monoisotopic (exact) mass is 440 g/mol. The van der Waals surface area contributed by atoms with Crippen molar-refractivity contribution >= 4 is 26.7 Å². The highest BCUT2D eigenvalue weighted by molar-refractivity contribution is 9.10. The minimum Gasteiger partial charge on any atom is -1.00 e. The summed E-state index contributed by atoms with van der Waals surface area (Å²) in [5.74, 6) is 0. The number of aromatic nitrogens is 2. The second kappa shape index (κ2) is 6.63. The molecule has 0 unspecified atom stereocenters. The molecule has 2 nitrogen and oxygen atoms in total. The molecule has 3 aromatic rings. The first-order valence-electron chi connectivity index (χ1n) is 6.21. The van der Waals surface area contributed by atoms with Crippen LogP contribution >= 0.6 is 15.9 Å². The number of rotatable bonds is 2. The Morgan fingerprint density at radius 1 is 1.05 bits per heavy atom. The highest BCUT2D eigenvalue weighted by Crippen LogP contribution is 2.18. The van der Waals surface area contributed by atoms with Crippen molar-refractivity contribution in [3.05, 3.63) is 70.5 Å². The molecule has 0 saturated heterocycles. The summed E-state index contributed by atoms with van der Waals surface area (Å²) < 4.78 is 3.07. The SMILES string of the molecule is C[n+]1ncc2ccccc2c1Cc1ccc(Br)cc1.[I-]. The van der Waals surface area contributed by atoms with Gasteiger partial charge >= 0.3 is 0 Å². The first-order chi connectivity index (χ1) is 9.24. The third-order valence-corrected chi connectivity index (χ3v) is 3.85. The van der Waals surface area contributed by atoms with Crippen molar-refractivity contribution < 1.29 is 28.7 Å². The Kier molecular flexibility index (Phi) is 5.10. The molecule has 0 aliphatic carbocycles. The molecular formula is C16H14BrIN2. The summed E-state index contributed by atoms with van der Waals surface area (Å²) >= 11 is 3.47. The summed E-state index contributed by atoms with van der Waals surface area (Å²) in [6.07, 6.45) is 2.80. The molecule has 0 N–H and O–H groups in total. The van der Waals surface area contributed by atoms with Crippen molar-refractivity contribution in [1.29, 1.82) is 0 Å². The molecule has 0 amide bonds. The standard InChI is InChI=1S/C16H14BrN2.HI/c1-19-16(10-12-6-8-14(17)9-7-12)15-5-3-2-4-13(15)11-18-19;/h2-9,11H,10H2,1H3;1H/q+1;/p-1. The van der Waals surface area contributed by atoms with Gasteiger partial charge in [0, 0.05) is 9.86 Å². The minimum absolute atomic E-state index is 0. The van der Waals surface area contributed by atoms with E-state index in [1.165, 1.54) is 22.0 Å². The molecule has 102 valence electrons. The fraction of sp³-hybridized carbons (Fsp3) is 0.125. The van der Waals surface area contributed by atoms with E-state index in [9.17, 15) is 0 Å². The van der Waals surface area contributed by atoms with Crippen LogP contribution in [-0.4, -0.2) is 5.10 Å². The Morgan fingerprint density at radius 2 is 1.75 bits per heavy atom. The zero-order chi connectivity index (χ0) is 13.2. The van der Waals surface area contributed by atoms with Crippen LogP contribution in [0.5, 0.6) is 0 Å². The Labute approximate surface area is 144 Å². The van der Waals surface area contributed by atoms with Crippen LogP contribution in [-0.2, 0) is 13.5 Å². The van der Waals surface area contributed by atoms with Crippen LogP contribution < -0.4 is 28.7 Å². The van der Waals surface area contributed by atoms with Crippen LogP contribution in [0.25, 0.3) is 10.8 Å². The predicted octanol–water partition coefficient (Wildman–Crippen LogP) is 0.417. The molecule has 2 aromatic carbocycles. The van der Waals surface area contributed by atoms with Gasteiger partial charge in [0.2, 0.25) is 5.69 Å². The lowest BCUT2D eigenvalue weighted by Crippen LogP contribution is -3.00. The average molecular weight is 441 g/mol. The Hall–Kier alpha value is -1.01. The van der Waals surface area contributed by atoms with Crippen molar-refractivity contribution in [3.63, 3.8) is 0 Å². The van der Waals surface area contributed by atoms with Gasteiger partial charge in [0.05, 0.1) is 11.8 Å². The van der Waals surface area contributed by atoms with Crippen LogP contribution in [0.15, 0.2) is 59.2 Å². The van der Waals surface area contributed by atoms with Crippen LogP contribution in [0.4, 0.5) is 0 Å². The molecule has 0 aliphatic rings. The number of fused-ring (bicyclic) bond motifs is 1. The second-order valence-corrected chi connectivity index (χ2v) is 5.52. The van der Waals surface area contributed by atoms with Crippen LogP contribution in [0, 0.1) is 0 Å². The summed E-state index contributed by atoms with van der Waals surface area (Å²) in [7, 11) is 2.00. The van der Waals surface area contributed by atoms with Crippen molar-refractivity contribution in [2.75, 3.05) is 0 Å². The number of nitrogens with zero attached hydrogens (tertiary/aromatic N) is 2. The van der Waals surface area contributed by atoms with Crippen molar-refractivity contribution in [1.82, 2.24) is 5.10 Å². The van der Waals surface area contributed by atoms with Crippen molar-refractivity contribution in [3.8, 4) is 0 Å². The zero-order valence-electron chi connectivity index (χ0n) is 11.1. The molecule has 0 fully saturated rings. The molecule has 0 spiro atoms. The zero-order valence-corrected chi connectivity index (χ0v) is 14.8. The van der Waals surface area contributed by atoms with E-state index >= 15 is 0 Å². The van der Waals surface area contributed by atoms with Gasteiger partial charge in [-0.15, -0.1) is 0 Å². The number of hydrogen-bond donors (Lipinski definition) is 0. The first-order valence-corrected chi connectivity index (χ1v) is 7.01. The number of aryl methyl sites for hydroxylation is 1. The average Bonchev–Trinajstić information content (AvgIpc) is 2.44. The number of halogens is 2. The van der Waals surface area contributed by atoms with Gasteiger partial charge in [-0.3, -0.25) is 0 Å². The molecule has 0 aliphatic heterocycles. The Bertz CT molecular complexity index is 726. The molecule has 1 aromatic heterocycles. The Morgan fingerprint density at radius 3 is 2.50 bits per heavy atom. The van der Waals surface area contributed by atoms with Crippen LogP contribution in [0.1, 0.15) is 11.3 Å². The lowest BCUT2D eigenvalue weighted by Gasteiger charge is -2.03. The van der Waals surface area contributed by atoms with E-state index in [4.69, 9.17) is 0 Å². The Balaban J connectivity index is 0.00000147. The van der Waals surface area contributed by atoms with Crippen molar-refractivity contribution in [2.24, 2.45) is 7.05 Å². The normalized spacial score (nSPS) is 10.3. The lowest BCUT2D eigenvalue weighted by atomic mass is 10.0. The molecule has 1 heterocycles. The lowest BCUT2D eigenvalue weighted by molar-refractivity contribution is -0.735.